The molecule has 0 aliphatic carbocycles. The van der Waals surface area contributed by atoms with Crippen LogP contribution in [0.5, 0.6) is 5.75 Å². The molecule has 2 aromatic heterocycles. The van der Waals surface area contributed by atoms with E-state index in [2.05, 4.69) is 25.1 Å². The topological polar surface area (TPSA) is 64.3 Å². The van der Waals surface area contributed by atoms with Gasteiger partial charge in [0, 0.05) is 6.04 Å². The molecule has 3 rings (SSSR count). The van der Waals surface area contributed by atoms with Gasteiger partial charge in [0.15, 0.2) is 5.82 Å². The molecule has 2 heterocycles. The predicted molar refractivity (Wildman–Crippen MR) is 95.2 cm³/mol. The van der Waals surface area contributed by atoms with E-state index in [1.807, 2.05) is 13.8 Å². The molecule has 1 aromatic carbocycles. The summed E-state index contributed by atoms with van der Waals surface area (Å²) in [4.78, 5) is 8.38. The molecule has 0 aliphatic heterocycles. The third-order valence-electron chi connectivity index (χ3n) is 4.01. The maximum Gasteiger partial charge on any atom is 0.461 e. The highest BCUT2D eigenvalue weighted by atomic mass is 35.5. The van der Waals surface area contributed by atoms with Crippen molar-refractivity contribution in [2.24, 2.45) is 0 Å². The van der Waals surface area contributed by atoms with Gasteiger partial charge in [0.05, 0.1) is 5.69 Å². The molecule has 0 amide bonds. The van der Waals surface area contributed by atoms with Gasteiger partial charge in [-0.05, 0) is 31.0 Å². The number of aryl methyl sites for hydroxylation is 1. The van der Waals surface area contributed by atoms with Gasteiger partial charge in [0.1, 0.15) is 17.1 Å². The summed E-state index contributed by atoms with van der Waals surface area (Å²) in [7, 11) is 0. The molecule has 0 fully saturated rings. The Kier molecular flexibility index (Phi) is 5.59. The van der Waals surface area contributed by atoms with Crippen molar-refractivity contribution < 1.29 is 22.3 Å². The van der Waals surface area contributed by atoms with Crippen molar-refractivity contribution in [3.8, 4) is 5.75 Å². The van der Waals surface area contributed by atoms with E-state index >= 15 is 0 Å². The Morgan fingerprint density at radius 2 is 1.93 bits per heavy atom. The second-order valence-electron chi connectivity index (χ2n) is 5.95. The van der Waals surface area contributed by atoms with Gasteiger partial charge in [-0.3, -0.25) is 0 Å². The first-order valence-corrected chi connectivity index (χ1v) is 8.70. The minimum atomic E-state index is -4.55. The lowest BCUT2D eigenvalue weighted by Gasteiger charge is -2.20. The van der Waals surface area contributed by atoms with Crippen LogP contribution >= 0.6 is 11.6 Å². The van der Waals surface area contributed by atoms with Crippen molar-refractivity contribution in [1.29, 1.82) is 0 Å². The molecule has 0 spiro atoms. The number of halogens is 5. The third kappa shape index (κ3) is 3.96. The van der Waals surface area contributed by atoms with Crippen LogP contribution in [-0.4, -0.2) is 32.1 Å². The SMILES string of the molecule is CCc1nc2ncnn2c(NC(C)c2ccc(OC(F)(F)C(F)F)cc2)c1Cl. The maximum atomic E-state index is 13.0. The first-order valence-electron chi connectivity index (χ1n) is 8.32. The molecule has 3 aromatic rings. The van der Waals surface area contributed by atoms with Crippen molar-refractivity contribution in [3.05, 3.63) is 46.9 Å². The van der Waals surface area contributed by atoms with Crippen LogP contribution in [0, 0.1) is 0 Å². The van der Waals surface area contributed by atoms with E-state index in [1.165, 1.54) is 35.1 Å². The number of nitrogens with zero attached hydrogens (tertiary/aromatic N) is 4. The number of benzene rings is 1. The zero-order chi connectivity index (χ0) is 20.5. The van der Waals surface area contributed by atoms with Gasteiger partial charge in [0.25, 0.3) is 5.78 Å². The summed E-state index contributed by atoms with van der Waals surface area (Å²) in [6.45, 7) is 3.72. The summed E-state index contributed by atoms with van der Waals surface area (Å²) in [5.74, 6) is 0.502. The minimum Gasteiger partial charge on any atom is -0.428 e. The van der Waals surface area contributed by atoms with Crippen LogP contribution in [0.4, 0.5) is 23.4 Å². The van der Waals surface area contributed by atoms with Crippen LogP contribution in [0.2, 0.25) is 5.02 Å². The minimum absolute atomic E-state index is 0.318. The van der Waals surface area contributed by atoms with E-state index < -0.39 is 12.5 Å². The first kappa shape index (κ1) is 20.1. The number of hydrogen-bond acceptors (Lipinski definition) is 5. The van der Waals surface area contributed by atoms with Gasteiger partial charge in [-0.2, -0.15) is 32.2 Å². The van der Waals surface area contributed by atoms with Crippen molar-refractivity contribution in [2.75, 3.05) is 5.32 Å². The summed E-state index contributed by atoms with van der Waals surface area (Å²) < 4.78 is 56.0. The van der Waals surface area contributed by atoms with Gasteiger partial charge >= 0.3 is 12.5 Å². The van der Waals surface area contributed by atoms with E-state index in [9.17, 15) is 17.6 Å². The Hall–Kier alpha value is -2.62. The molecule has 0 radical (unpaired) electrons. The molecule has 0 saturated heterocycles. The normalized spacial score (nSPS) is 13.1. The summed E-state index contributed by atoms with van der Waals surface area (Å²) in [6.07, 6.45) is -6.52. The second kappa shape index (κ2) is 7.78. The molecule has 0 bridgehead atoms. The van der Waals surface area contributed by atoms with Crippen LogP contribution < -0.4 is 10.1 Å². The quantitative estimate of drug-likeness (QED) is 0.562. The number of rotatable bonds is 7. The Morgan fingerprint density at radius 3 is 2.54 bits per heavy atom. The van der Waals surface area contributed by atoms with Gasteiger partial charge in [0.2, 0.25) is 0 Å². The molecule has 11 heteroatoms. The maximum absolute atomic E-state index is 13.0. The molecule has 1 atom stereocenters. The summed E-state index contributed by atoms with van der Waals surface area (Å²) >= 11 is 6.42. The van der Waals surface area contributed by atoms with Crippen LogP contribution in [0.1, 0.15) is 31.1 Å². The standard InChI is InChI=1S/C17H16ClF4N5O/c1-3-12-13(18)14(27-16(26-12)23-8-24-27)25-9(2)10-4-6-11(7-5-10)28-17(21,22)15(19)20/h4-9,15,25H,3H2,1-2H3. The molecular weight excluding hydrogens is 402 g/mol. The lowest BCUT2D eigenvalue weighted by molar-refractivity contribution is -0.253. The van der Waals surface area contributed by atoms with Gasteiger partial charge in [-0.1, -0.05) is 30.7 Å². The third-order valence-corrected chi connectivity index (χ3v) is 4.41. The molecule has 0 saturated carbocycles. The van der Waals surface area contributed by atoms with Gasteiger partial charge < -0.3 is 10.1 Å². The Labute approximate surface area is 162 Å². The molecule has 1 N–H and O–H groups in total. The zero-order valence-electron chi connectivity index (χ0n) is 14.8. The van der Waals surface area contributed by atoms with Crippen LogP contribution in [0.3, 0.4) is 0 Å². The van der Waals surface area contributed by atoms with E-state index in [-0.39, 0.29) is 11.8 Å². The van der Waals surface area contributed by atoms with Crippen molar-refractivity contribution in [3.63, 3.8) is 0 Å². The number of anilines is 1. The molecule has 150 valence electrons. The monoisotopic (exact) mass is 417 g/mol. The average molecular weight is 418 g/mol. The van der Waals surface area contributed by atoms with E-state index in [4.69, 9.17) is 11.6 Å². The fourth-order valence-electron chi connectivity index (χ4n) is 2.54. The Bertz CT molecular complexity index is 964. The molecule has 6 nitrogen and oxygen atoms in total. The van der Waals surface area contributed by atoms with E-state index in [1.54, 1.807) is 0 Å². The van der Waals surface area contributed by atoms with Crippen molar-refractivity contribution in [1.82, 2.24) is 19.6 Å². The number of hydrogen-bond donors (Lipinski definition) is 1. The molecular formula is C17H16ClF4N5O. The lowest BCUT2D eigenvalue weighted by Crippen LogP contribution is -2.33. The molecule has 1 unspecified atom stereocenters. The Morgan fingerprint density at radius 1 is 1.25 bits per heavy atom. The summed E-state index contributed by atoms with van der Waals surface area (Å²) in [6, 6.07) is 5.05. The highest BCUT2D eigenvalue weighted by molar-refractivity contribution is 6.33. The van der Waals surface area contributed by atoms with Crippen LogP contribution in [0.25, 0.3) is 5.78 Å². The highest BCUT2D eigenvalue weighted by Gasteiger charge is 2.43. The zero-order valence-corrected chi connectivity index (χ0v) is 15.6. The van der Waals surface area contributed by atoms with Gasteiger partial charge in [-0.25, -0.2) is 4.98 Å². The van der Waals surface area contributed by atoms with Crippen LogP contribution in [-0.2, 0) is 6.42 Å². The average Bonchev–Trinajstić information content (AvgIpc) is 3.12. The smallest absolute Gasteiger partial charge is 0.428 e. The molecule has 0 aliphatic rings. The summed E-state index contributed by atoms with van der Waals surface area (Å²) in [5, 5.41) is 7.68. The number of fused-ring (bicyclic) bond motifs is 1. The van der Waals surface area contributed by atoms with Crippen molar-refractivity contribution in [2.45, 2.75) is 38.8 Å². The van der Waals surface area contributed by atoms with Gasteiger partial charge in [-0.15, -0.1) is 0 Å². The molecule has 28 heavy (non-hydrogen) atoms. The lowest BCUT2D eigenvalue weighted by atomic mass is 10.1. The fraction of sp³-hybridized carbons (Fsp3) is 0.353. The number of ether oxygens (including phenoxy) is 1. The second-order valence-corrected chi connectivity index (χ2v) is 6.32. The predicted octanol–water partition coefficient (Wildman–Crippen LogP) is 4.75. The largest absolute Gasteiger partial charge is 0.461 e. The van der Waals surface area contributed by atoms with E-state index in [0.717, 1.165) is 0 Å². The summed E-state index contributed by atoms with van der Waals surface area (Å²) in [5.41, 5.74) is 1.33. The number of alkyl halides is 4. The fourth-order valence-corrected chi connectivity index (χ4v) is 2.85. The van der Waals surface area contributed by atoms with Crippen LogP contribution in [0.15, 0.2) is 30.6 Å². The highest BCUT2D eigenvalue weighted by Crippen LogP contribution is 2.31. The number of aromatic nitrogens is 4. The first-order chi connectivity index (χ1) is 13.2. The number of nitrogens with one attached hydrogen (secondary N) is 1. The van der Waals surface area contributed by atoms with E-state index in [0.29, 0.717) is 34.3 Å². The Balaban J connectivity index is 1.82. The van der Waals surface area contributed by atoms with Crippen molar-refractivity contribution >= 4 is 23.2 Å².